The molecule has 4 nitrogen and oxygen atoms in total. The smallest absolute Gasteiger partial charge is 0.324 e. The minimum Gasteiger partial charge on any atom is -0.424 e. The summed E-state index contributed by atoms with van der Waals surface area (Å²) >= 11 is 11.6. The SMILES string of the molecule is Cc1cc(C#N)cc(C)c1Oc1nc(Cl)cc(Cl)n1. The fraction of sp³-hybridized carbons (Fsp3) is 0.154. The lowest BCUT2D eigenvalue weighted by molar-refractivity contribution is 0.435. The van der Waals surface area contributed by atoms with Crippen LogP contribution < -0.4 is 4.74 Å². The van der Waals surface area contributed by atoms with Crippen molar-refractivity contribution in [2.75, 3.05) is 0 Å². The predicted octanol–water partition coefficient (Wildman–Crippen LogP) is 4.06. The molecular formula is C13H9Cl2N3O. The molecule has 0 amide bonds. The van der Waals surface area contributed by atoms with E-state index in [9.17, 15) is 0 Å². The number of ether oxygens (including phenoxy) is 1. The van der Waals surface area contributed by atoms with Crippen LogP contribution in [-0.2, 0) is 0 Å². The number of rotatable bonds is 2. The second-order valence-corrected chi connectivity index (χ2v) is 4.72. The molecule has 0 saturated carbocycles. The van der Waals surface area contributed by atoms with Gasteiger partial charge in [-0.05, 0) is 37.1 Å². The van der Waals surface area contributed by atoms with Gasteiger partial charge in [0.05, 0.1) is 11.6 Å². The Morgan fingerprint density at radius 3 is 2.05 bits per heavy atom. The third-order valence-corrected chi connectivity index (χ3v) is 2.81. The van der Waals surface area contributed by atoms with Crippen molar-refractivity contribution in [3.8, 4) is 17.8 Å². The molecule has 0 radical (unpaired) electrons. The van der Waals surface area contributed by atoms with Crippen molar-refractivity contribution < 1.29 is 4.74 Å². The highest BCUT2D eigenvalue weighted by Gasteiger charge is 2.10. The molecule has 0 aliphatic carbocycles. The van der Waals surface area contributed by atoms with Gasteiger partial charge in [0.1, 0.15) is 16.1 Å². The molecule has 0 unspecified atom stereocenters. The molecule has 6 heteroatoms. The molecule has 2 rings (SSSR count). The van der Waals surface area contributed by atoms with E-state index in [0.717, 1.165) is 11.1 Å². The molecule has 2 aromatic rings. The van der Waals surface area contributed by atoms with E-state index in [1.165, 1.54) is 6.07 Å². The van der Waals surface area contributed by atoms with E-state index >= 15 is 0 Å². The maximum Gasteiger partial charge on any atom is 0.324 e. The second kappa shape index (κ2) is 5.43. The van der Waals surface area contributed by atoms with Gasteiger partial charge in [0.25, 0.3) is 0 Å². The normalized spacial score (nSPS) is 10.1. The summed E-state index contributed by atoms with van der Waals surface area (Å²) < 4.78 is 5.60. The number of aromatic nitrogens is 2. The Morgan fingerprint density at radius 1 is 1.05 bits per heavy atom. The highest BCUT2D eigenvalue weighted by Crippen LogP contribution is 2.29. The van der Waals surface area contributed by atoms with Gasteiger partial charge in [-0.2, -0.15) is 15.2 Å². The average Bonchev–Trinajstić information content (AvgIpc) is 2.32. The summed E-state index contributed by atoms with van der Waals surface area (Å²) in [6, 6.07) is 7.05. The van der Waals surface area contributed by atoms with Gasteiger partial charge in [-0.25, -0.2) is 0 Å². The zero-order valence-electron chi connectivity index (χ0n) is 10.2. The molecule has 0 spiro atoms. The minimum atomic E-state index is 0.0772. The first-order valence-corrected chi connectivity index (χ1v) is 6.14. The fourth-order valence-electron chi connectivity index (χ4n) is 1.68. The average molecular weight is 294 g/mol. The van der Waals surface area contributed by atoms with Crippen molar-refractivity contribution in [1.29, 1.82) is 5.26 Å². The van der Waals surface area contributed by atoms with Crippen LogP contribution in [0.3, 0.4) is 0 Å². The van der Waals surface area contributed by atoms with Gasteiger partial charge in [-0.3, -0.25) is 0 Å². The number of nitriles is 1. The third-order valence-electron chi connectivity index (χ3n) is 2.43. The van der Waals surface area contributed by atoms with Crippen molar-refractivity contribution in [3.05, 3.63) is 45.2 Å². The second-order valence-electron chi connectivity index (χ2n) is 3.95. The lowest BCUT2D eigenvalue weighted by Crippen LogP contribution is -1.97. The van der Waals surface area contributed by atoms with Crippen molar-refractivity contribution in [1.82, 2.24) is 9.97 Å². The molecule has 0 saturated heterocycles. The molecule has 1 aromatic carbocycles. The molecule has 0 aliphatic rings. The van der Waals surface area contributed by atoms with Crippen LogP contribution in [0.25, 0.3) is 0 Å². The molecule has 0 fully saturated rings. The highest BCUT2D eigenvalue weighted by molar-refractivity contribution is 6.33. The first-order valence-electron chi connectivity index (χ1n) is 5.39. The molecular weight excluding hydrogens is 285 g/mol. The third kappa shape index (κ3) is 3.14. The number of aryl methyl sites for hydroxylation is 2. The quantitative estimate of drug-likeness (QED) is 0.783. The van der Waals surface area contributed by atoms with Crippen LogP contribution in [-0.4, -0.2) is 9.97 Å². The molecule has 1 aromatic heterocycles. The Morgan fingerprint density at radius 2 is 1.58 bits per heavy atom. The molecule has 96 valence electrons. The van der Waals surface area contributed by atoms with Crippen LogP contribution in [0, 0.1) is 25.2 Å². The van der Waals surface area contributed by atoms with E-state index in [-0.39, 0.29) is 16.3 Å². The summed E-state index contributed by atoms with van der Waals surface area (Å²) in [5.74, 6) is 0.595. The number of nitrogens with zero attached hydrogens (tertiary/aromatic N) is 3. The molecule has 0 N–H and O–H groups in total. The Labute approximate surface area is 120 Å². The maximum absolute atomic E-state index is 8.89. The van der Waals surface area contributed by atoms with Gasteiger partial charge in [-0.15, -0.1) is 0 Å². The van der Waals surface area contributed by atoms with Crippen LogP contribution in [0.2, 0.25) is 10.3 Å². The minimum absolute atomic E-state index is 0.0772. The van der Waals surface area contributed by atoms with Gasteiger partial charge >= 0.3 is 6.01 Å². The standard InChI is InChI=1S/C13H9Cl2N3O/c1-7-3-9(6-16)4-8(2)12(7)19-13-17-10(14)5-11(15)18-13/h3-5H,1-2H3. The van der Waals surface area contributed by atoms with Gasteiger partial charge < -0.3 is 4.74 Å². The lowest BCUT2D eigenvalue weighted by atomic mass is 10.1. The first-order chi connectivity index (χ1) is 8.99. The summed E-state index contributed by atoms with van der Waals surface area (Å²) in [4.78, 5) is 7.87. The Kier molecular flexibility index (Phi) is 3.89. The summed E-state index contributed by atoms with van der Waals surface area (Å²) in [5.41, 5.74) is 2.21. The number of hydrogen-bond acceptors (Lipinski definition) is 4. The van der Waals surface area contributed by atoms with Crippen molar-refractivity contribution in [2.24, 2.45) is 0 Å². The zero-order valence-corrected chi connectivity index (χ0v) is 11.7. The zero-order chi connectivity index (χ0) is 14.0. The van der Waals surface area contributed by atoms with Crippen LogP contribution >= 0.6 is 23.2 Å². The van der Waals surface area contributed by atoms with Gasteiger partial charge in [0, 0.05) is 6.07 Å². The van der Waals surface area contributed by atoms with E-state index in [4.69, 9.17) is 33.2 Å². The maximum atomic E-state index is 8.89. The topological polar surface area (TPSA) is 58.8 Å². The van der Waals surface area contributed by atoms with E-state index in [1.807, 2.05) is 13.8 Å². The van der Waals surface area contributed by atoms with E-state index in [1.54, 1.807) is 12.1 Å². The van der Waals surface area contributed by atoms with Crippen LogP contribution in [0.5, 0.6) is 11.8 Å². The van der Waals surface area contributed by atoms with E-state index in [0.29, 0.717) is 11.3 Å². The Bertz CT molecular complexity index is 637. The lowest BCUT2D eigenvalue weighted by Gasteiger charge is -2.10. The number of benzene rings is 1. The number of hydrogen-bond donors (Lipinski definition) is 0. The fourth-order valence-corrected chi connectivity index (χ4v) is 2.09. The molecule has 0 bridgehead atoms. The monoisotopic (exact) mass is 293 g/mol. The van der Waals surface area contributed by atoms with Crippen LogP contribution in [0.4, 0.5) is 0 Å². The van der Waals surface area contributed by atoms with Crippen molar-refractivity contribution in [2.45, 2.75) is 13.8 Å². The summed E-state index contributed by atoms with van der Waals surface area (Å²) in [7, 11) is 0. The van der Waals surface area contributed by atoms with Crippen molar-refractivity contribution >= 4 is 23.2 Å². The Balaban J connectivity index is 2.41. The van der Waals surface area contributed by atoms with E-state index in [2.05, 4.69) is 16.0 Å². The molecule has 0 atom stereocenters. The summed E-state index contributed by atoms with van der Waals surface area (Å²) in [5, 5.41) is 9.30. The van der Waals surface area contributed by atoms with Gasteiger partial charge in [-0.1, -0.05) is 23.2 Å². The van der Waals surface area contributed by atoms with Gasteiger partial charge in [0.2, 0.25) is 0 Å². The van der Waals surface area contributed by atoms with E-state index < -0.39 is 0 Å². The van der Waals surface area contributed by atoms with Crippen LogP contribution in [0.1, 0.15) is 16.7 Å². The summed E-state index contributed by atoms with van der Waals surface area (Å²) in [6.07, 6.45) is 0. The predicted molar refractivity (Wildman–Crippen MR) is 72.8 cm³/mol. The summed E-state index contributed by atoms with van der Waals surface area (Å²) in [6.45, 7) is 3.69. The Hall–Kier alpha value is -1.83. The first kappa shape index (κ1) is 13.6. The van der Waals surface area contributed by atoms with Crippen molar-refractivity contribution in [3.63, 3.8) is 0 Å². The van der Waals surface area contributed by atoms with Crippen LogP contribution in [0.15, 0.2) is 18.2 Å². The highest BCUT2D eigenvalue weighted by atomic mass is 35.5. The number of halogens is 2. The van der Waals surface area contributed by atoms with Gasteiger partial charge in [0.15, 0.2) is 0 Å². The molecule has 19 heavy (non-hydrogen) atoms. The molecule has 1 heterocycles. The largest absolute Gasteiger partial charge is 0.424 e. The molecule has 0 aliphatic heterocycles.